The van der Waals surface area contributed by atoms with Gasteiger partial charge in [0.2, 0.25) is 0 Å². The normalized spacial score (nSPS) is 12.1. The second-order valence-corrected chi connectivity index (χ2v) is 4.29. The summed E-state index contributed by atoms with van der Waals surface area (Å²) in [5.41, 5.74) is 8.31. The first kappa shape index (κ1) is 12.7. The topological polar surface area (TPSA) is 35.2 Å². The minimum absolute atomic E-state index is 0.316. The van der Waals surface area contributed by atoms with Gasteiger partial charge in [-0.05, 0) is 42.3 Å². The van der Waals surface area contributed by atoms with Gasteiger partial charge in [0.25, 0.3) is 0 Å². The predicted molar refractivity (Wildman–Crippen MR) is 73.8 cm³/mol. The van der Waals surface area contributed by atoms with Crippen LogP contribution in [-0.2, 0) is 6.42 Å². The quantitative estimate of drug-likeness (QED) is 0.872. The summed E-state index contributed by atoms with van der Waals surface area (Å²) in [4.78, 5) is 0. The molecule has 2 heteroatoms. The number of hydrogen-bond donors (Lipinski definition) is 1. The van der Waals surface area contributed by atoms with E-state index in [9.17, 15) is 0 Å². The highest BCUT2D eigenvalue weighted by atomic mass is 16.5. The van der Waals surface area contributed by atoms with Crippen LogP contribution in [0.3, 0.4) is 0 Å². The molecule has 18 heavy (non-hydrogen) atoms. The fourth-order valence-corrected chi connectivity index (χ4v) is 2.14. The lowest BCUT2D eigenvalue weighted by Crippen LogP contribution is -2.15. The van der Waals surface area contributed by atoms with Crippen LogP contribution in [0.1, 0.15) is 17.0 Å². The molecule has 0 heterocycles. The Bertz CT molecular complexity index is 481. The standard InChI is InChI=1S/C16H18NO/c1-18-16-10-6-5-9-14(16)11-15(12-17)13-7-3-2-4-8-13/h2-4,6-10,15H,11-12,17H2,1H3. The Kier molecular flexibility index (Phi) is 4.37. The molecule has 0 saturated heterocycles. The SMILES string of the molecule is COc1cc[c]cc1CC(CN)c1ccccc1. The maximum absolute atomic E-state index is 5.89. The second-order valence-electron chi connectivity index (χ2n) is 4.29. The van der Waals surface area contributed by atoms with Gasteiger partial charge in [0.15, 0.2) is 0 Å². The summed E-state index contributed by atoms with van der Waals surface area (Å²) in [5.74, 6) is 1.22. The molecule has 2 aromatic rings. The van der Waals surface area contributed by atoms with E-state index in [1.54, 1.807) is 7.11 Å². The Morgan fingerprint density at radius 2 is 2.00 bits per heavy atom. The van der Waals surface area contributed by atoms with Crippen LogP contribution in [0.5, 0.6) is 5.75 Å². The highest BCUT2D eigenvalue weighted by molar-refractivity contribution is 5.35. The molecule has 1 radical (unpaired) electrons. The molecule has 2 rings (SSSR count). The summed E-state index contributed by atoms with van der Waals surface area (Å²) in [6.45, 7) is 0.627. The third kappa shape index (κ3) is 2.90. The lowest BCUT2D eigenvalue weighted by Gasteiger charge is -2.17. The number of hydrogen-bond acceptors (Lipinski definition) is 2. The minimum Gasteiger partial charge on any atom is -0.496 e. The van der Waals surface area contributed by atoms with Gasteiger partial charge in [-0.1, -0.05) is 36.4 Å². The number of methoxy groups -OCH3 is 1. The van der Waals surface area contributed by atoms with Crippen LogP contribution >= 0.6 is 0 Å². The van der Waals surface area contributed by atoms with Crippen LogP contribution in [0.15, 0.2) is 48.5 Å². The van der Waals surface area contributed by atoms with Crippen LogP contribution in [0, 0.1) is 6.07 Å². The van der Waals surface area contributed by atoms with Gasteiger partial charge in [0.05, 0.1) is 7.11 Å². The van der Waals surface area contributed by atoms with Crippen molar-refractivity contribution in [3.8, 4) is 5.75 Å². The van der Waals surface area contributed by atoms with Crippen molar-refractivity contribution in [1.82, 2.24) is 0 Å². The molecule has 2 N–H and O–H groups in total. The van der Waals surface area contributed by atoms with Gasteiger partial charge >= 0.3 is 0 Å². The van der Waals surface area contributed by atoms with Crippen LogP contribution in [0.2, 0.25) is 0 Å². The lowest BCUT2D eigenvalue weighted by atomic mass is 9.92. The van der Waals surface area contributed by atoms with Gasteiger partial charge in [-0.15, -0.1) is 0 Å². The van der Waals surface area contributed by atoms with E-state index in [2.05, 4.69) is 18.2 Å². The van der Waals surface area contributed by atoms with Crippen LogP contribution in [0.25, 0.3) is 0 Å². The number of rotatable bonds is 5. The molecular weight excluding hydrogens is 222 g/mol. The molecule has 0 aliphatic rings. The van der Waals surface area contributed by atoms with E-state index < -0.39 is 0 Å². The van der Waals surface area contributed by atoms with Gasteiger partial charge in [0, 0.05) is 5.92 Å². The van der Waals surface area contributed by atoms with Gasteiger partial charge in [-0.25, -0.2) is 0 Å². The fraction of sp³-hybridized carbons (Fsp3) is 0.250. The van der Waals surface area contributed by atoms with Crippen LogP contribution in [-0.4, -0.2) is 13.7 Å². The Labute approximate surface area is 108 Å². The van der Waals surface area contributed by atoms with Gasteiger partial charge in [-0.2, -0.15) is 0 Å². The first-order chi connectivity index (χ1) is 8.85. The first-order valence-corrected chi connectivity index (χ1v) is 6.13. The zero-order chi connectivity index (χ0) is 12.8. The van der Waals surface area contributed by atoms with Crippen LogP contribution < -0.4 is 10.5 Å². The molecule has 1 unspecified atom stereocenters. The van der Waals surface area contributed by atoms with E-state index >= 15 is 0 Å². The lowest BCUT2D eigenvalue weighted by molar-refractivity contribution is 0.408. The van der Waals surface area contributed by atoms with Crippen molar-refractivity contribution in [1.29, 1.82) is 0 Å². The zero-order valence-electron chi connectivity index (χ0n) is 10.6. The van der Waals surface area contributed by atoms with Crippen LogP contribution in [0.4, 0.5) is 0 Å². The molecule has 0 spiro atoms. The first-order valence-electron chi connectivity index (χ1n) is 6.13. The average molecular weight is 240 g/mol. The molecule has 0 aromatic heterocycles. The molecule has 0 fully saturated rings. The predicted octanol–water partition coefficient (Wildman–Crippen LogP) is 2.78. The maximum atomic E-state index is 5.89. The summed E-state index contributed by atoms with van der Waals surface area (Å²) in [5, 5.41) is 0. The summed E-state index contributed by atoms with van der Waals surface area (Å²) in [7, 11) is 1.69. The van der Waals surface area contributed by atoms with E-state index in [1.807, 2.05) is 36.4 Å². The van der Waals surface area contributed by atoms with E-state index in [-0.39, 0.29) is 0 Å². The smallest absolute Gasteiger partial charge is 0.122 e. The minimum atomic E-state index is 0.316. The van der Waals surface area contributed by atoms with Crippen molar-refractivity contribution < 1.29 is 4.74 Å². The molecule has 2 aromatic carbocycles. The molecule has 0 aliphatic carbocycles. The maximum Gasteiger partial charge on any atom is 0.122 e. The van der Waals surface area contributed by atoms with Gasteiger partial charge in [-0.3, -0.25) is 0 Å². The number of nitrogens with two attached hydrogens (primary N) is 1. The van der Waals surface area contributed by atoms with Gasteiger partial charge < -0.3 is 10.5 Å². The van der Waals surface area contributed by atoms with Crippen molar-refractivity contribution in [2.75, 3.05) is 13.7 Å². The molecular formula is C16H18NO. The summed E-state index contributed by atoms with van der Waals surface area (Å²) in [6, 6.07) is 19.2. The van der Waals surface area contributed by atoms with Crippen molar-refractivity contribution in [2.45, 2.75) is 12.3 Å². The molecule has 93 valence electrons. The number of ether oxygens (including phenoxy) is 1. The van der Waals surface area contributed by atoms with E-state index in [0.717, 1.165) is 17.7 Å². The molecule has 0 bridgehead atoms. The Balaban J connectivity index is 2.21. The van der Waals surface area contributed by atoms with E-state index in [1.165, 1.54) is 5.56 Å². The Morgan fingerprint density at radius 3 is 2.67 bits per heavy atom. The molecule has 1 atom stereocenters. The summed E-state index contributed by atoms with van der Waals surface area (Å²) < 4.78 is 5.37. The van der Waals surface area contributed by atoms with Crippen molar-refractivity contribution in [3.05, 3.63) is 65.7 Å². The zero-order valence-corrected chi connectivity index (χ0v) is 10.6. The van der Waals surface area contributed by atoms with Crippen molar-refractivity contribution in [3.63, 3.8) is 0 Å². The fourth-order valence-electron chi connectivity index (χ4n) is 2.14. The summed E-state index contributed by atoms with van der Waals surface area (Å²) in [6.07, 6.45) is 0.876. The average Bonchev–Trinajstić information content (AvgIpc) is 2.46. The molecule has 0 amide bonds. The molecule has 0 saturated carbocycles. The molecule has 0 aliphatic heterocycles. The Morgan fingerprint density at radius 1 is 1.22 bits per heavy atom. The monoisotopic (exact) mass is 240 g/mol. The van der Waals surface area contributed by atoms with Gasteiger partial charge in [0.1, 0.15) is 5.75 Å². The number of benzene rings is 2. The third-order valence-corrected chi connectivity index (χ3v) is 3.15. The molecule has 2 nitrogen and oxygen atoms in total. The second kappa shape index (κ2) is 6.22. The Hall–Kier alpha value is -1.80. The van der Waals surface area contributed by atoms with Crippen molar-refractivity contribution >= 4 is 0 Å². The third-order valence-electron chi connectivity index (χ3n) is 3.15. The largest absolute Gasteiger partial charge is 0.496 e. The highest BCUT2D eigenvalue weighted by Gasteiger charge is 2.12. The highest BCUT2D eigenvalue weighted by Crippen LogP contribution is 2.25. The van der Waals surface area contributed by atoms with E-state index in [4.69, 9.17) is 10.5 Å². The summed E-state index contributed by atoms with van der Waals surface area (Å²) >= 11 is 0. The van der Waals surface area contributed by atoms with Crippen molar-refractivity contribution in [2.24, 2.45) is 5.73 Å². The van der Waals surface area contributed by atoms with E-state index in [0.29, 0.717) is 12.5 Å².